The number of hydrogen-bond donors (Lipinski definition) is 1. The van der Waals surface area contributed by atoms with E-state index in [0.29, 0.717) is 6.54 Å². The molecule has 0 radical (unpaired) electrons. The Bertz CT molecular complexity index is 154. The second-order valence-corrected chi connectivity index (χ2v) is 4.01. The molecule has 56 valence electrons. The zero-order chi connectivity index (χ0) is 7.33. The summed E-state index contributed by atoms with van der Waals surface area (Å²) in [5.41, 5.74) is 0. The van der Waals surface area contributed by atoms with E-state index in [9.17, 15) is 8.42 Å². The third-order valence-electron chi connectivity index (χ3n) is 0.716. The van der Waals surface area contributed by atoms with E-state index in [2.05, 4.69) is 4.72 Å². The van der Waals surface area contributed by atoms with Crippen molar-refractivity contribution in [3.05, 3.63) is 0 Å². The van der Waals surface area contributed by atoms with Crippen LogP contribution in [0, 0.1) is 0 Å². The number of sulfonamides is 1. The molecule has 0 aliphatic rings. The first kappa shape index (κ1) is 9.20. The quantitative estimate of drug-likeness (QED) is 0.627. The summed E-state index contributed by atoms with van der Waals surface area (Å²) in [6.45, 7) is 2.35. The Morgan fingerprint density at radius 1 is 1.56 bits per heavy atom. The largest absolute Gasteiger partial charge is 0.225 e. The van der Waals surface area contributed by atoms with Crippen molar-refractivity contribution in [1.82, 2.24) is 4.72 Å². The number of rotatable bonds is 4. The molecular weight excluding hydrogens is 162 g/mol. The summed E-state index contributed by atoms with van der Waals surface area (Å²) in [5.74, 6) is 0. The van der Waals surface area contributed by atoms with Gasteiger partial charge in [0.15, 0.2) is 0 Å². The van der Waals surface area contributed by atoms with Crippen LogP contribution in [0.4, 0.5) is 0 Å². The Labute approximate surface area is 60.4 Å². The van der Waals surface area contributed by atoms with Gasteiger partial charge in [0.05, 0.1) is 0 Å². The molecule has 0 aromatic carbocycles. The number of hydrogen-bond acceptors (Lipinski definition) is 2. The molecular formula is C4H10ClNO2S. The van der Waals surface area contributed by atoms with E-state index in [0.717, 1.165) is 6.42 Å². The van der Waals surface area contributed by atoms with E-state index in [4.69, 9.17) is 11.6 Å². The maximum absolute atomic E-state index is 10.5. The highest BCUT2D eigenvalue weighted by Crippen LogP contribution is 1.86. The molecule has 0 spiro atoms. The summed E-state index contributed by atoms with van der Waals surface area (Å²) in [5, 5.41) is -0.354. The predicted molar refractivity (Wildman–Crippen MR) is 37.9 cm³/mol. The van der Waals surface area contributed by atoms with Gasteiger partial charge in [-0.15, -0.1) is 11.6 Å². The molecule has 0 saturated carbocycles. The SMILES string of the molecule is CCCNS(=O)(=O)CCl. The Hall–Kier alpha value is 0.200. The van der Waals surface area contributed by atoms with Gasteiger partial charge in [-0.05, 0) is 6.42 Å². The van der Waals surface area contributed by atoms with E-state index in [1.54, 1.807) is 0 Å². The first-order chi connectivity index (χ1) is 4.12. The minimum Gasteiger partial charge on any atom is -0.214 e. The molecule has 0 aliphatic carbocycles. The van der Waals surface area contributed by atoms with Crippen molar-refractivity contribution in [3.63, 3.8) is 0 Å². The maximum Gasteiger partial charge on any atom is 0.225 e. The van der Waals surface area contributed by atoms with Crippen LogP contribution in [0.3, 0.4) is 0 Å². The summed E-state index contributed by atoms with van der Waals surface area (Å²) in [7, 11) is -3.17. The minimum atomic E-state index is -3.17. The lowest BCUT2D eigenvalue weighted by Gasteiger charge is -1.98. The number of halogens is 1. The topological polar surface area (TPSA) is 46.2 Å². The van der Waals surface area contributed by atoms with Crippen molar-refractivity contribution < 1.29 is 8.42 Å². The molecule has 0 aromatic rings. The van der Waals surface area contributed by atoms with Crippen molar-refractivity contribution in [2.75, 3.05) is 11.8 Å². The van der Waals surface area contributed by atoms with E-state index >= 15 is 0 Å². The zero-order valence-electron chi connectivity index (χ0n) is 5.22. The molecule has 0 fully saturated rings. The summed E-state index contributed by atoms with van der Waals surface area (Å²) < 4.78 is 23.3. The third kappa shape index (κ3) is 4.69. The fourth-order valence-electron chi connectivity index (χ4n) is 0.296. The molecule has 0 atom stereocenters. The van der Waals surface area contributed by atoms with E-state index < -0.39 is 10.0 Å². The van der Waals surface area contributed by atoms with Gasteiger partial charge in [0.2, 0.25) is 10.0 Å². The highest BCUT2D eigenvalue weighted by atomic mass is 35.5. The standard InChI is InChI=1S/C4H10ClNO2S/c1-2-3-6-9(7,8)4-5/h6H,2-4H2,1H3. The summed E-state index contributed by atoms with van der Waals surface area (Å²) >= 11 is 5.08. The Kier molecular flexibility index (Phi) is 4.18. The van der Waals surface area contributed by atoms with E-state index in [1.807, 2.05) is 6.92 Å². The van der Waals surface area contributed by atoms with Gasteiger partial charge in [-0.1, -0.05) is 6.92 Å². The van der Waals surface area contributed by atoms with E-state index in [-0.39, 0.29) is 5.21 Å². The van der Waals surface area contributed by atoms with Gasteiger partial charge in [-0.3, -0.25) is 0 Å². The third-order valence-corrected chi connectivity index (χ3v) is 2.51. The second-order valence-electron chi connectivity index (χ2n) is 1.62. The molecule has 0 aliphatic heterocycles. The Morgan fingerprint density at radius 2 is 2.11 bits per heavy atom. The molecule has 0 heterocycles. The normalized spacial score (nSPS) is 11.8. The summed E-state index contributed by atoms with van der Waals surface area (Å²) in [6.07, 6.45) is 0.788. The minimum absolute atomic E-state index is 0.354. The lowest BCUT2D eigenvalue weighted by molar-refractivity contribution is 0.585. The van der Waals surface area contributed by atoms with Crippen LogP contribution in [0.25, 0.3) is 0 Å². The van der Waals surface area contributed by atoms with Crippen LogP contribution in [0.15, 0.2) is 0 Å². The molecule has 0 rings (SSSR count). The van der Waals surface area contributed by atoms with Crippen molar-refractivity contribution in [2.45, 2.75) is 13.3 Å². The fraction of sp³-hybridized carbons (Fsp3) is 1.00. The molecule has 5 heteroatoms. The van der Waals surface area contributed by atoms with Crippen LogP contribution in [-0.2, 0) is 10.0 Å². The monoisotopic (exact) mass is 171 g/mol. The number of alkyl halides is 1. The zero-order valence-corrected chi connectivity index (χ0v) is 6.80. The first-order valence-corrected chi connectivity index (χ1v) is 4.84. The summed E-state index contributed by atoms with van der Waals surface area (Å²) in [4.78, 5) is 0. The molecule has 0 aromatic heterocycles. The second kappa shape index (κ2) is 4.09. The van der Waals surface area contributed by atoms with Crippen molar-refractivity contribution in [2.24, 2.45) is 0 Å². The van der Waals surface area contributed by atoms with Crippen LogP contribution in [0.2, 0.25) is 0 Å². The van der Waals surface area contributed by atoms with Crippen LogP contribution < -0.4 is 4.72 Å². The van der Waals surface area contributed by atoms with E-state index in [1.165, 1.54) is 0 Å². The van der Waals surface area contributed by atoms with Gasteiger partial charge in [-0.2, -0.15) is 0 Å². The van der Waals surface area contributed by atoms with Crippen molar-refractivity contribution in [3.8, 4) is 0 Å². The highest BCUT2D eigenvalue weighted by Gasteiger charge is 2.03. The highest BCUT2D eigenvalue weighted by molar-refractivity contribution is 7.90. The van der Waals surface area contributed by atoms with Crippen LogP contribution in [-0.4, -0.2) is 20.2 Å². The van der Waals surface area contributed by atoms with Crippen molar-refractivity contribution in [1.29, 1.82) is 0 Å². The molecule has 9 heavy (non-hydrogen) atoms. The molecule has 0 bridgehead atoms. The first-order valence-electron chi connectivity index (χ1n) is 2.65. The van der Waals surface area contributed by atoms with Gasteiger partial charge < -0.3 is 0 Å². The van der Waals surface area contributed by atoms with Crippen molar-refractivity contribution >= 4 is 21.6 Å². The van der Waals surface area contributed by atoms with Gasteiger partial charge >= 0.3 is 0 Å². The maximum atomic E-state index is 10.5. The summed E-state index contributed by atoms with van der Waals surface area (Å²) in [6, 6.07) is 0. The lowest BCUT2D eigenvalue weighted by Crippen LogP contribution is -2.24. The van der Waals surface area contributed by atoms with Gasteiger partial charge in [0, 0.05) is 6.54 Å². The predicted octanol–water partition coefficient (Wildman–Crippen LogP) is 0.512. The molecule has 0 unspecified atom stereocenters. The number of nitrogens with one attached hydrogen (secondary N) is 1. The lowest BCUT2D eigenvalue weighted by atomic mass is 10.5. The molecule has 3 nitrogen and oxygen atoms in total. The molecule has 1 N–H and O–H groups in total. The van der Waals surface area contributed by atoms with Gasteiger partial charge in [0.1, 0.15) is 5.21 Å². The Balaban J connectivity index is 3.61. The van der Waals surface area contributed by atoms with Crippen LogP contribution in [0.1, 0.15) is 13.3 Å². The Morgan fingerprint density at radius 3 is 2.44 bits per heavy atom. The fourth-order valence-corrected chi connectivity index (χ4v) is 1.12. The smallest absolute Gasteiger partial charge is 0.214 e. The van der Waals surface area contributed by atoms with Gasteiger partial charge in [0.25, 0.3) is 0 Å². The van der Waals surface area contributed by atoms with Gasteiger partial charge in [-0.25, -0.2) is 13.1 Å². The molecule has 0 amide bonds. The van der Waals surface area contributed by atoms with Crippen LogP contribution in [0.5, 0.6) is 0 Å². The average Bonchev–Trinajstić information content (AvgIpc) is 1.84. The van der Waals surface area contributed by atoms with Crippen LogP contribution >= 0.6 is 11.6 Å². The molecule has 0 saturated heterocycles. The average molecular weight is 172 g/mol.